The Morgan fingerprint density at radius 3 is 1.69 bits per heavy atom. The summed E-state index contributed by atoms with van der Waals surface area (Å²) in [7, 11) is -2.88. The van der Waals surface area contributed by atoms with Gasteiger partial charge in [0, 0.05) is 12.6 Å². The van der Waals surface area contributed by atoms with Gasteiger partial charge in [0.05, 0.1) is 24.5 Å². The van der Waals surface area contributed by atoms with Gasteiger partial charge in [0.15, 0.2) is 5.66 Å². The third kappa shape index (κ3) is 3.71. The Bertz CT molecular complexity index is 891. The zero-order valence-electron chi connectivity index (χ0n) is 16.1. The van der Waals surface area contributed by atoms with Crippen LogP contribution in [-0.4, -0.2) is 29.4 Å². The van der Waals surface area contributed by atoms with Crippen molar-refractivity contribution in [2.24, 2.45) is 5.16 Å². The summed E-state index contributed by atoms with van der Waals surface area (Å²) >= 11 is 0. The van der Waals surface area contributed by atoms with Crippen molar-refractivity contribution >= 4 is 25.4 Å². The second-order valence-electron chi connectivity index (χ2n) is 6.99. The van der Waals surface area contributed by atoms with Crippen LogP contribution in [0.4, 0.5) is 11.4 Å². The summed E-state index contributed by atoms with van der Waals surface area (Å²) in [5.41, 5.74) is 2.82. The molecule has 1 aliphatic heterocycles. The summed E-state index contributed by atoms with van der Waals surface area (Å²) in [6, 6.07) is 30.2. The molecular formula is C23H25N3O2P+. The molecule has 0 radical (unpaired) electrons. The molecule has 0 aromatic heterocycles. The van der Waals surface area contributed by atoms with Crippen molar-refractivity contribution in [2.45, 2.75) is 12.1 Å². The quantitative estimate of drug-likeness (QED) is 0.250. The third-order valence-corrected chi connectivity index (χ3v) is 8.98. The van der Waals surface area contributed by atoms with Crippen LogP contribution in [-0.2, 0) is 0 Å². The van der Waals surface area contributed by atoms with Gasteiger partial charge in [0.25, 0.3) is 0 Å². The molecule has 5 nitrogen and oxygen atoms in total. The Balaban J connectivity index is 1.86. The highest BCUT2D eigenvalue weighted by molar-refractivity contribution is 7.74. The number of hydrogen-bond donors (Lipinski definition) is 2. The molecule has 1 heterocycles. The lowest BCUT2D eigenvalue weighted by Gasteiger charge is -2.36. The van der Waals surface area contributed by atoms with Gasteiger partial charge in [-0.3, -0.25) is 0 Å². The lowest BCUT2D eigenvalue weighted by Crippen LogP contribution is -2.29. The lowest BCUT2D eigenvalue weighted by molar-refractivity contribution is 0.320. The van der Waals surface area contributed by atoms with Gasteiger partial charge in [-0.15, -0.1) is 5.16 Å². The zero-order valence-corrected chi connectivity index (χ0v) is 17.0. The fourth-order valence-electron chi connectivity index (χ4n) is 4.05. The van der Waals surface area contributed by atoms with Gasteiger partial charge in [-0.2, -0.15) is 0 Å². The Labute approximate surface area is 172 Å². The van der Waals surface area contributed by atoms with Gasteiger partial charge in [-0.25, -0.2) is 14.2 Å². The fourth-order valence-corrected chi connectivity index (χ4v) is 7.65. The molecule has 0 saturated carbocycles. The van der Waals surface area contributed by atoms with Gasteiger partial charge in [0.2, 0.25) is 0 Å². The maximum absolute atomic E-state index is 12.5. The standard InChI is InChI=1S/C23H24N3O2P/c27-24-17-16-23(20-10-4-1-5-11-20)29(28)25(21-12-6-2-7-13-21)18-19-26(29)22-14-8-3-9-15-22/h1-15,17,23,28H,16,18-19H2/p+1. The molecule has 1 saturated heterocycles. The van der Waals surface area contributed by atoms with Crippen LogP contribution < -0.4 is 9.34 Å². The summed E-state index contributed by atoms with van der Waals surface area (Å²) in [5, 5.41) is 12.4. The van der Waals surface area contributed by atoms with Crippen LogP contribution >= 0.6 is 7.79 Å². The maximum atomic E-state index is 12.5. The molecule has 2 N–H and O–H groups in total. The topological polar surface area (TPSA) is 59.3 Å². The van der Waals surface area contributed by atoms with E-state index >= 15 is 0 Å². The first-order valence-corrected chi connectivity index (χ1v) is 11.4. The molecule has 0 spiro atoms. The van der Waals surface area contributed by atoms with Crippen LogP contribution in [0.5, 0.6) is 0 Å². The van der Waals surface area contributed by atoms with Crippen molar-refractivity contribution in [2.75, 3.05) is 22.4 Å². The van der Waals surface area contributed by atoms with Crippen LogP contribution in [0.1, 0.15) is 17.6 Å². The molecule has 0 aliphatic carbocycles. The number of hydrogen-bond acceptors (Lipinski definition) is 5. The summed E-state index contributed by atoms with van der Waals surface area (Å²) < 4.78 is 4.31. The van der Waals surface area contributed by atoms with Crippen molar-refractivity contribution in [1.29, 1.82) is 0 Å². The van der Waals surface area contributed by atoms with E-state index in [9.17, 15) is 4.89 Å². The summed E-state index contributed by atoms with van der Waals surface area (Å²) in [5.74, 6) is 0. The Kier molecular flexibility index (Phi) is 5.79. The summed E-state index contributed by atoms with van der Waals surface area (Å²) in [4.78, 5) is 12.5. The lowest BCUT2D eigenvalue weighted by atomic mass is 10.1. The van der Waals surface area contributed by atoms with Gasteiger partial charge >= 0.3 is 7.79 Å². The van der Waals surface area contributed by atoms with E-state index < -0.39 is 7.79 Å². The molecule has 6 heteroatoms. The van der Waals surface area contributed by atoms with Crippen molar-refractivity contribution in [3.63, 3.8) is 0 Å². The molecular weight excluding hydrogens is 381 g/mol. The Hall–Kier alpha value is -2.88. The summed E-state index contributed by atoms with van der Waals surface area (Å²) in [6.07, 6.45) is 1.93. The van der Waals surface area contributed by atoms with E-state index in [1.165, 1.54) is 6.21 Å². The smallest absolute Gasteiger partial charge is 0.338 e. The zero-order chi connectivity index (χ0) is 20.1. The van der Waals surface area contributed by atoms with E-state index in [2.05, 4.69) is 14.5 Å². The summed E-state index contributed by atoms with van der Waals surface area (Å²) in [6.45, 7) is 1.45. The van der Waals surface area contributed by atoms with Gasteiger partial charge < -0.3 is 5.21 Å². The molecule has 0 bridgehead atoms. The number of para-hydroxylation sites is 2. The van der Waals surface area contributed by atoms with E-state index in [0.29, 0.717) is 6.42 Å². The number of oxime groups is 1. The largest absolute Gasteiger partial charge is 0.411 e. The highest BCUT2D eigenvalue weighted by atomic mass is 31.2. The van der Waals surface area contributed by atoms with E-state index in [0.717, 1.165) is 30.0 Å². The van der Waals surface area contributed by atoms with E-state index in [1.54, 1.807) is 0 Å². The molecule has 4 rings (SSSR count). The monoisotopic (exact) mass is 406 g/mol. The number of benzene rings is 3. The molecule has 1 atom stereocenters. The average Bonchev–Trinajstić information content (AvgIpc) is 3.13. The van der Waals surface area contributed by atoms with E-state index in [-0.39, 0.29) is 5.66 Å². The first kappa shape index (κ1) is 19.4. The van der Waals surface area contributed by atoms with Gasteiger partial charge in [-0.1, -0.05) is 66.7 Å². The average molecular weight is 406 g/mol. The second kappa shape index (κ2) is 8.64. The minimum Gasteiger partial charge on any atom is -0.411 e. The highest BCUT2D eigenvalue weighted by Crippen LogP contribution is 2.75. The molecule has 0 amide bonds. The van der Waals surface area contributed by atoms with Crippen molar-refractivity contribution in [3.05, 3.63) is 96.6 Å². The second-order valence-corrected chi connectivity index (χ2v) is 9.81. The number of rotatable bonds is 6. The van der Waals surface area contributed by atoms with Crippen molar-refractivity contribution in [3.8, 4) is 0 Å². The van der Waals surface area contributed by atoms with Crippen LogP contribution in [0.2, 0.25) is 0 Å². The van der Waals surface area contributed by atoms with Gasteiger partial charge in [-0.05, 0) is 29.8 Å². The Morgan fingerprint density at radius 2 is 1.24 bits per heavy atom. The highest BCUT2D eigenvalue weighted by Gasteiger charge is 2.61. The first-order valence-electron chi connectivity index (χ1n) is 9.73. The molecule has 1 unspecified atom stereocenters. The number of nitrogens with zero attached hydrogens (tertiary/aromatic N) is 3. The van der Waals surface area contributed by atoms with Crippen molar-refractivity contribution < 1.29 is 10.1 Å². The van der Waals surface area contributed by atoms with E-state index in [4.69, 9.17) is 5.21 Å². The number of anilines is 2. The molecule has 3 aromatic carbocycles. The van der Waals surface area contributed by atoms with Crippen LogP contribution in [0, 0.1) is 0 Å². The van der Waals surface area contributed by atoms with Crippen LogP contribution in [0.3, 0.4) is 0 Å². The predicted octanol–water partition coefficient (Wildman–Crippen LogP) is 5.36. The van der Waals surface area contributed by atoms with Crippen molar-refractivity contribution in [1.82, 2.24) is 0 Å². The predicted molar refractivity (Wildman–Crippen MR) is 121 cm³/mol. The fraction of sp³-hybridized carbons (Fsp3) is 0.174. The minimum atomic E-state index is -2.88. The normalized spacial score (nSPS) is 17.0. The minimum absolute atomic E-state index is 0.220. The Morgan fingerprint density at radius 1 is 0.793 bits per heavy atom. The molecule has 1 aliphatic rings. The first-order chi connectivity index (χ1) is 14.2. The molecule has 148 valence electrons. The molecule has 1 fully saturated rings. The van der Waals surface area contributed by atoms with Crippen LogP contribution in [0.15, 0.2) is 96.2 Å². The van der Waals surface area contributed by atoms with Gasteiger partial charge in [0.1, 0.15) is 0 Å². The maximum Gasteiger partial charge on any atom is 0.338 e. The molecule has 3 aromatic rings. The van der Waals surface area contributed by atoms with Crippen LogP contribution in [0.25, 0.3) is 0 Å². The molecule has 29 heavy (non-hydrogen) atoms. The third-order valence-electron chi connectivity index (χ3n) is 5.36. The van der Waals surface area contributed by atoms with E-state index in [1.807, 2.05) is 91.0 Å². The SMILES string of the molecule is ON=CCC(c1ccccc1)[P+]1(O)N(c2ccccc2)CCN1c1ccccc1.